The second-order valence-electron chi connectivity index (χ2n) is 9.13. The van der Waals surface area contributed by atoms with Crippen LogP contribution in [0.2, 0.25) is 5.02 Å². The molecule has 1 aromatic heterocycles. The van der Waals surface area contributed by atoms with Gasteiger partial charge in [0.25, 0.3) is 5.91 Å². The van der Waals surface area contributed by atoms with Gasteiger partial charge in [0.2, 0.25) is 5.91 Å². The normalized spacial score (nSPS) is 16.4. The lowest BCUT2D eigenvalue weighted by Crippen LogP contribution is -2.46. The number of anilines is 1. The highest BCUT2D eigenvalue weighted by Gasteiger charge is 2.47. The molecule has 1 aliphatic heterocycles. The number of carbonyl (C=O) groups excluding carboxylic acids is 3. The van der Waals surface area contributed by atoms with Gasteiger partial charge in [0, 0.05) is 22.5 Å². The van der Waals surface area contributed by atoms with Gasteiger partial charge in [-0.3, -0.25) is 19.5 Å². The molecule has 0 saturated carbocycles. The van der Waals surface area contributed by atoms with Crippen LogP contribution < -0.4 is 10.6 Å². The molecule has 4 aromatic rings. The van der Waals surface area contributed by atoms with Crippen LogP contribution in [0.3, 0.4) is 0 Å². The van der Waals surface area contributed by atoms with Crippen molar-refractivity contribution >= 4 is 35.2 Å². The standard InChI is InChI=1S/C30H24ClFN4O4/c31-22-5-3-4-21(16-22)28(37)35-24-13-9-20(10-14-24)27-26(29(38)34-17-25-6-1-2-15-33-25)36(30(39)40-27)18-19-7-11-23(32)12-8-19/h1-16,26-27H,17-18H2,(H,34,38)(H,35,37)/t26-,27-/m0/s1. The average molecular weight is 559 g/mol. The van der Waals surface area contributed by atoms with Crippen molar-refractivity contribution in [2.45, 2.75) is 25.2 Å². The number of pyridine rings is 1. The molecule has 202 valence electrons. The Labute approximate surface area is 234 Å². The lowest BCUT2D eigenvalue weighted by Gasteiger charge is -2.24. The van der Waals surface area contributed by atoms with Crippen molar-refractivity contribution in [2.75, 3.05) is 5.32 Å². The molecule has 3 aromatic carbocycles. The first-order valence-electron chi connectivity index (χ1n) is 12.4. The van der Waals surface area contributed by atoms with E-state index < -0.39 is 30.0 Å². The Morgan fingerprint density at radius 2 is 1.75 bits per heavy atom. The molecule has 2 N–H and O–H groups in total. The number of benzene rings is 3. The number of ether oxygens (including phenoxy) is 1. The molecule has 10 heteroatoms. The van der Waals surface area contributed by atoms with Crippen LogP contribution in [0.25, 0.3) is 0 Å². The lowest BCUT2D eigenvalue weighted by molar-refractivity contribution is -0.126. The Balaban J connectivity index is 1.36. The van der Waals surface area contributed by atoms with Crippen LogP contribution in [0.15, 0.2) is 97.2 Å². The maximum atomic E-state index is 13.5. The second-order valence-corrected chi connectivity index (χ2v) is 9.57. The summed E-state index contributed by atoms with van der Waals surface area (Å²) in [5, 5.41) is 6.09. The summed E-state index contributed by atoms with van der Waals surface area (Å²) in [7, 11) is 0. The molecule has 1 saturated heterocycles. The van der Waals surface area contributed by atoms with E-state index in [2.05, 4.69) is 15.6 Å². The van der Waals surface area contributed by atoms with Crippen molar-refractivity contribution in [1.29, 1.82) is 0 Å². The van der Waals surface area contributed by atoms with E-state index in [1.54, 1.807) is 79.0 Å². The van der Waals surface area contributed by atoms with E-state index in [1.165, 1.54) is 17.0 Å². The number of hydrogen-bond donors (Lipinski definition) is 2. The molecule has 0 radical (unpaired) electrons. The van der Waals surface area contributed by atoms with Crippen molar-refractivity contribution < 1.29 is 23.5 Å². The summed E-state index contributed by atoms with van der Waals surface area (Å²) in [5.74, 6) is -1.17. The summed E-state index contributed by atoms with van der Waals surface area (Å²) in [6, 6.07) is 23.3. The number of nitrogens with one attached hydrogen (secondary N) is 2. The number of nitrogens with zero attached hydrogens (tertiary/aromatic N) is 2. The van der Waals surface area contributed by atoms with Crippen LogP contribution in [-0.4, -0.2) is 33.8 Å². The van der Waals surface area contributed by atoms with Crippen LogP contribution in [0.5, 0.6) is 0 Å². The number of rotatable bonds is 8. The van der Waals surface area contributed by atoms with Crippen LogP contribution >= 0.6 is 11.6 Å². The minimum Gasteiger partial charge on any atom is -0.438 e. The molecule has 2 atom stereocenters. The van der Waals surface area contributed by atoms with E-state index in [0.717, 1.165) is 0 Å². The molecule has 2 heterocycles. The summed E-state index contributed by atoms with van der Waals surface area (Å²) in [4.78, 5) is 44.6. The Morgan fingerprint density at radius 1 is 0.975 bits per heavy atom. The summed E-state index contributed by atoms with van der Waals surface area (Å²) < 4.78 is 19.1. The van der Waals surface area contributed by atoms with E-state index >= 15 is 0 Å². The van der Waals surface area contributed by atoms with Gasteiger partial charge in [0.1, 0.15) is 5.82 Å². The Morgan fingerprint density at radius 3 is 2.45 bits per heavy atom. The molecule has 0 bridgehead atoms. The van der Waals surface area contributed by atoms with Gasteiger partial charge in [0.05, 0.1) is 18.8 Å². The third-order valence-electron chi connectivity index (χ3n) is 6.37. The first kappa shape index (κ1) is 26.8. The number of amides is 3. The van der Waals surface area contributed by atoms with Gasteiger partial charge < -0.3 is 15.4 Å². The molecule has 0 unspecified atom stereocenters. The van der Waals surface area contributed by atoms with Crippen LogP contribution in [0.1, 0.15) is 33.3 Å². The molecule has 5 rings (SSSR count). The summed E-state index contributed by atoms with van der Waals surface area (Å²) in [6.07, 6.45) is 0.0278. The lowest BCUT2D eigenvalue weighted by atomic mass is 10.00. The van der Waals surface area contributed by atoms with Crippen molar-refractivity contribution in [3.8, 4) is 0 Å². The van der Waals surface area contributed by atoms with Gasteiger partial charge >= 0.3 is 6.09 Å². The number of aromatic nitrogens is 1. The fourth-order valence-corrected chi connectivity index (χ4v) is 4.56. The predicted molar refractivity (Wildman–Crippen MR) is 147 cm³/mol. The zero-order chi connectivity index (χ0) is 28.1. The third kappa shape index (κ3) is 6.27. The quantitative estimate of drug-likeness (QED) is 0.297. The zero-order valence-electron chi connectivity index (χ0n) is 21.1. The van der Waals surface area contributed by atoms with Gasteiger partial charge in [0.15, 0.2) is 12.1 Å². The monoisotopic (exact) mass is 558 g/mol. The molecule has 1 fully saturated rings. The molecule has 3 amide bonds. The highest BCUT2D eigenvalue weighted by Crippen LogP contribution is 2.34. The smallest absolute Gasteiger partial charge is 0.411 e. The number of hydrogen-bond acceptors (Lipinski definition) is 5. The van der Waals surface area contributed by atoms with E-state index in [9.17, 15) is 18.8 Å². The maximum absolute atomic E-state index is 13.5. The van der Waals surface area contributed by atoms with Crippen molar-refractivity contribution in [1.82, 2.24) is 15.2 Å². The highest BCUT2D eigenvalue weighted by atomic mass is 35.5. The first-order valence-corrected chi connectivity index (χ1v) is 12.8. The van der Waals surface area contributed by atoms with Crippen LogP contribution in [0.4, 0.5) is 14.9 Å². The van der Waals surface area contributed by atoms with E-state index in [1.807, 2.05) is 6.07 Å². The molecular weight excluding hydrogens is 535 g/mol. The highest BCUT2D eigenvalue weighted by molar-refractivity contribution is 6.31. The third-order valence-corrected chi connectivity index (χ3v) is 6.61. The van der Waals surface area contributed by atoms with E-state index in [-0.39, 0.29) is 19.0 Å². The maximum Gasteiger partial charge on any atom is 0.411 e. The Hall–Kier alpha value is -4.76. The molecule has 0 spiro atoms. The molecule has 40 heavy (non-hydrogen) atoms. The van der Waals surface area contributed by atoms with Gasteiger partial charge in [-0.2, -0.15) is 0 Å². The van der Waals surface area contributed by atoms with Crippen LogP contribution in [-0.2, 0) is 22.6 Å². The Bertz CT molecular complexity index is 1520. The van der Waals surface area contributed by atoms with E-state index in [4.69, 9.17) is 16.3 Å². The Kier molecular flexibility index (Phi) is 8.02. The minimum atomic E-state index is -1.01. The first-order chi connectivity index (χ1) is 19.4. The predicted octanol–water partition coefficient (Wildman–Crippen LogP) is 5.50. The minimum absolute atomic E-state index is 0.0467. The van der Waals surface area contributed by atoms with Crippen LogP contribution in [0, 0.1) is 5.82 Å². The fraction of sp³-hybridized carbons (Fsp3) is 0.133. The van der Waals surface area contributed by atoms with Crippen molar-refractivity contribution in [3.05, 3.63) is 130 Å². The largest absolute Gasteiger partial charge is 0.438 e. The average Bonchev–Trinajstić information content (AvgIpc) is 3.29. The summed E-state index contributed by atoms with van der Waals surface area (Å²) in [5.41, 5.74) is 2.77. The van der Waals surface area contributed by atoms with Gasteiger partial charge in [-0.1, -0.05) is 48.0 Å². The fourth-order valence-electron chi connectivity index (χ4n) is 4.37. The van der Waals surface area contributed by atoms with Crippen molar-refractivity contribution in [3.63, 3.8) is 0 Å². The zero-order valence-corrected chi connectivity index (χ0v) is 21.8. The molecular formula is C30H24ClFN4O4. The number of cyclic esters (lactones) is 1. The molecule has 8 nitrogen and oxygen atoms in total. The number of carbonyl (C=O) groups is 3. The number of halogens is 2. The summed E-state index contributed by atoms with van der Waals surface area (Å²) >= 11 is 5.99. The van der Waals surface area contributed by atoms with Gasteiger partial charge in [-0.15, -0.1) is 0 Å². The summed E-state index contributed by atoms with van der Waals surface area (Å²) in [6.45, 7) is 0.209. The topological polar surface area (TPSA) is 101 Å². The van der Waals surface area contributed by atoms with Gasteiger partial charge in [-0.25, -0.2) is 9.18 Å². The van der Waals surface area contributed by atoms with Crippen molar-refractivity contribution in [2.24, 2.45) is 0 Å². The molecule has 0 aliphatic carbocycles. The van der Waals surface area contributed by atoms with E-state index in [0.29, 0.717) is 33.1 Å². The van der Waals surface area contributed by atoms with Gasteiger partial charge in [-0.05, 0) is 65.7 Å². The second kappa shape index (κ2) is 12.0. The molecule has 1 aliphatic rings. The SMILES string of the molecule is O=C(Nc1ccc([C@@H]2OC(=O)N(Cc3ccc(F)cc3)[C@@H]2C(=O)NCc2ccccn2)cc1)c1cccc(Cl)c1.